The molecule has 3 aromatic carbocycles. The number of halogens is 1. The Labute approximate surface area is 173 Å². The highest BCUT2D eigenvalue weighted by Crippen LogP contribution is 2.22. The largest absolute Gasteiger partial charge is 0.372 e. The van der Waals surface area contributed by atoms with Crippen LogP contribution in [0.15, 0.2) is 72.8 Å². The van der Waals surface area contributed by atoms with Crippen LogP contribution in [-0.4, -0.2) is 10.8 Å². The Balaban J connectivity index is 1.55. The number of rotatable bonds is 8. The molecule has 1 amide bonds. The molecule has 0 aliphatic heterocycles. The fraction of sp³-hybridized carbons (Fsp3) is 0.136. The molecule has 29 heavy (non-hydrogen) atoms. The Morgan fingerprint density at radius 2 is 1.62 bits per heavy atom. The molecule has 0 fully saturated rings. The second-order valence-electron chi connectivity index (χ2n) is 6.40. The molecule has 0 unspecified atom stereocenters. The van der Waals surface area contributed by atoms with Crippen LogP contribution in [0.2, 0.25) is 5.02 Å². The summed E-state index contributed by atoms with van der Waals surface area (Å²) in [6.07, 6.45) is 0. The predicted octanol–water partition coefficient (Wildman–Crippen LogP) is 4.90. The summed E-state index contributed by atoms with van der Waals surface area (Å²) < 4.78 is 5.74. The van der Waals surface area contributed by atoms with Gasteiger partial charge in [-0.2, -0.15) is 0 Å². The summed E-state index contributed by atoms with van der Waals surface area (Å²) in [5.74, 6) is -0.393. The van der Waals surface area contributed by atoms with Crippen LogP contribution < -0.4 is 5.32 Å². The molecule has 148 valence electrons. The number of benzene rings is 3. The van der Waals surface area contributed by atoms with Gasteiger partial charge in [0.15, 0.2) is 0 Å². The van der Waals surface area contributed by atoms with Gasteiger partial charge in [-0.05, 0) is 22.8 Å². The van der Waals surface area contributed by atoms with Gasteiger partial charge < -0.3 is 10.1 Å². The zero-order valence-corrected chi connectivity index (χ0v) is 16.3. The lowest BCUT2D eigenvalue weighted by atomic mass is 10.1. The van der Waals surface area contributed by atoms with Gasteiger partial charge in [-0.3, -0.25) is 14.9 Å². The quantitative estimate of drug-likeness (QED) is 0.423. The Hall–Kier alpha value is -3.22. The predicted molar refractivity (Wildman–Crippen MR) is 111 cm³/mol. The van der Waals surface area contributed by atoms with Crippen molar-refractivity contribution in [2.24, 2.45) is 0 Å². The number of amides is 1. The molecule has 1 N–H and O–H groups in total. The number of carbonyl (C=O) groups excluding carboxylic acids is 1. The van der Waals surface area contributed by atoms with Crippen molar-refractivity contribution < 1.29 is 14.5 Å². The van der Waals surface area contributed by atoms with Crippen molar-refractivity contribution >= 4 is 23.2 Å². The van der Waals surface area contributed by atoms with Gasteiger partial charge in [0.1, 0.15) is 0 Å². The molecule has 0 saturated heterocycles. The normalized spacial score (nSPS) is 10.5. The van der Waals surface area contributed by atoms with E-state index < -0.39 is 10.8 Å². The Morgan fingerprint density at radius 1 is 0.931 bits per heavy atom. The van der Waals surface area contributed by atoms with Crippen LogP contribution in [0.25, 0.3) is 0 Å². The Morgan fingerprint density at radius 3 is 2.34 bits per heavy atom. The van der Waals surface area contributed by atoms with Gasteiger partial charge in [-0.1, -0.05) is 66.2 Å². The second kappa shape index (κ2) is 9.82. The summed E-state index contributed by atoms with van der Waals surface area (Å²) in [6.45, 7) is 1.30. The van der Waals surface area contributed by atoms with E-state index in [9.17, 15) is 14.9 Å². The number of hydrogen-bond acceptors (Lipinski definition) is 4. The smallest absolute Gasteiger partial charge is 0.270 e. The van der Waals surface area contributed by atoms with Crippen LogP contribution in [-0.2, 0) is 24.5 Å². The van der Waals surface area contributed by atoms with E-state index >= 15 is 0 Å². The number of hydrogen-bond donors (Lipinski definition) is 1. The zero-order chi connectivity index (χ0) is 20.6. The molecule has 0 radical (unpaired) electrons. The summed E-state index contributed by atoms with van der Waals surface area (Å²) >= 11 is 6.00. The molecule has 3 rings (SSSR count). The third-order valence-electron chi connectivity index (χ3n) is 4.23. The number of ether oxygens (including phenoxy) is 1. The summed E-state index contributed by atoms with van der Waals surface area (Å²) in [5, 5.41) is 13.6. The molecule has 0 bridgehead atoms. The van der Waals surface area contributed by atoms with E-state index in [0.29, 0.717) is 19.8 Å². The number of carbonyl (C=O) groups is 1. The number of non-ortho nitro benzene ring substituents is 1. The van der Waals surface area contributed by atoms with Crippen molar-refractivity contribution in [3.63, 3.8) is 0 Å². The second-order valence-corrected chi connectivity index (χ2v) is 6.81. The minimum absolute atomic E-state index is 0.0414. The Bertz CT molecular complexity index is 1010. The lowest BCUT2D eigenvalue weighted by Gasteiger charge is -2.09. The van der Waals surface area contributed by atoms with Crippen molar-refractivity contribution in [1.29, 1.82) is 0 Å². The third-order valence-corrected chi connectivity index (χ3v) is 4.55. The molecule has 7 heteroatoms. The van der Waals surface area contributed by atoms with Crippen molar-refractivity contribution in [2.45, 2.75) is 19.8 Å². The summed E-state index contributed by atoms with van der Waals surface area (Å²) in [4.78, 5) is 22.6. The molecule has 0 aliphatic carbocycles. The van der Waals surface area contributed by atoms with E-state index in [0.717, 1.165) is 16.7 Å². The maximum Gasteiger partial charge on any atom is 0.270 e. The molecule has 3 aromatic rings. The maximum absolute atomic E-state index is 12.3. The number of nitro groups is 1. The van der Waals surface area contributed by atoms with Gasteiger partial charge in [0.25, 0.3) is 11.6 Å². The van der Waals surface area contributed by atoms with Crippen molar-refractivity contribution in [3.8, 4) is 0 Å². The standard InChI is InChI=1S/C22H19ClN2O4/c23-21-12-19(25(27)28)9-10-20(21)22(26)24-13-17-7-4-8-18(11-17)15-29-14-16-5-2-1-3-6-16/h1-12H,13-15H2,(H,24,26). The maximum atomic E-state index is 12.3. The number of nitro benzene ring substituents is 1. The molecule has 0 heterocycles. The van der Waals surface area contributed by atoms with Crippen LogP contribution in [0.4, 0.5) is 5.69 Å². The highest BCUT2D eigenvalue weighted by atomic mass is 35.5. The zero-order valence-electron chi connectivity index (χ0n) is 15.5. The van der Waals surface area contributed by atoms with E-state index in [4.69, 9.17) is 16.3 Å². The average Bonchev–Trinajstić information content (AvgIpc) is 2.73. The monoisotopic (exact) mass is 410 g/mol. The molecular weight excluding hydrogens is 392 g/mol. The molecule has 0 aliphatic rings. The fourth-order valence-corrected chi connectivity index (χ4v) is 3.03. The summed E-state index contributed by atoms with van der Waals surface area (Å²) in [5.41, 5.74) is 3.06. The van der Waals surface area contributed by atoms with Gasteiger partial charge in [0.05, 0.1) is 28.7 Å². The lowest BCUT2D eigenvalue weighted by molar-refractivity contribution is -0.384. The highest BCUT2D eigenvalue weighted by Gasteiger charge is 2.14. The van der Waals surface area contributed by atoms with Crippen molar-refractivity contribution in [2.75, 3.05) is 0 Å². The fourth-order valence-electron chi connectivity index (χ4n) is 2.77. The minimum Gasteiger partial charge on any atom is -0.372 e. The van der Waals surface area contributed by atoms with Crippen molar-refractivity contribution in [3.05, 3.63) is 110 Å². The third kappa shape index (κ3) is 5.88. The number of nitrogens with one attached hydrogen (secondary N) is 1. The van der Waals surface area contributed by atoms with Crippen LogP contribution in [0.1, 0.15) is 27.0 Å². The van der Waals surface area contributed by atoms with Gasteiger partial charge in [-0.15, -0.1) is 0 Å². The van der Waals surface area contributed by atoms with E-state index in [1.165, 1.54) is 18.2 Å². The van der Waals surface area contributed by atoms with Crippen LogP contribution in [0, 0.1) is 10.1 Å². The molecule has 0 spiro atoms. The number of nitrogens with zero attached hydrogens (tertiary/aromatic N) is 1. The van der Waals surface area contributed by atoms with Gasteiger partial charge in [0, 0.05) is 18.7 Å². The van der Waals surface area contributed by atoms with Crippen molar-refractivity contribution in [1.82, 2.24) is 5.32 Å². The van der Waals surface area contributed by atoms with Gasteiger partial charge in [-0.25, -0.2) is 0 Å². The lowest BCUT2D eigenvalue weighted by Crippen LogP contribution is -2.23. The van der Waals surface area contributed by atoms with Gasteiger partial charge >= 0.3 is 0 Å². The van der Waals surface area contributed by atoms with Gasteiger partial charge in [0.2, 0.25) is 0 Å². The first-order chi connectivity index (χ1) is 14.0. The topological polar surface area (TPSA) is 81.5 Å². The first kappa shape index (κ1) is 20.5. The van der Waals surface area contributed by atoms with E-state index in [1.54, 1.807) is 0 Å². The van der Waals surface area contributed by atoms with Crippen LogP contribution in [0.5, 0.6) is 0 Å². The van der Waals surface area contributed by atoms with Crippen LogP contribution >= 0.6 is 11.6 Å². The average molecular weight is 411 g/mol. The molecule has 0 atom stereocenters. The summed E-state index contributed by atoms with van der Waals surface area (Å²) in [6, 6.07) is 21.4. The molecule has 0 saturated carbocycles. The molecule has 0 aromatic heterocycles. The molecule has 6 nitrogen and oxygen atoms in total. The molecular formula is C22H19ClN2O4. The SMILES string of the molecule is O=C(NCc1cccc(COCc2ccccc2)c1)c1ccc([N+](=O)[O-])cc1Cl. The minimum atomic E-state index is -0.557. The highest BCUT2D eigenvalue weighted by molar-refractivity contribution is 6.34. The Kier molecular flexibility index (Phi) is 6.94. The first-order valence-electron chi connectivity index (χ1n) is 8.94. The van der Waals surface area contributed by atoms with E-state index in [1.807, 2.05) is 54.6 Å². The first-order valence-corrected chi connectivity index (χ1v) is 9.32. The van der Waals surface area contributed by atoms with Crippen LogP contribution in [0.3, 0.4) is 0 Å². The summed E-state index contributed by atoms with van der Waals surface area (Å²) in [7, 11) is 0. The van der Waals surface area contributed by atoms with E-state index in [-0.39, 0.29) is 16.3 Å². The van der Waals surface area contributed by atoms with E-state index in [2.05, 4.69) is 5.32 Å².